The average molecular weight is 265 g/mol. The van der Waals surface area contributed by atoms with E-state index in [9.17, 15) is 4.79 Å². The number of aromatic nitrogens is 2. The second-order valence-corrected chi connectivity index (χ2v) is 4.63. The van der Waals surface area contributed by atoms with Crippen LogP contribution in [-0.4, -0.2) is 16.8 Å². The van der Waals surface area contributed by atoms with Crippen molar-refractivity contribution in [3.8, 4) is 0 Å². The number of anilines is 1. The van der Waals surface area contributed by atoms with E-state index in [-0.39, 0.29) is 5.56 Å². The molecule has 0 aliphatic heterocycles. The zero-order valence-corrected chi connectivity index (χ0v) is 11.2. The van der Waals surface area contributed by atoms with Crippen LogP contribution in [0.25, 0.3) is 10.8 Å². The molecule has 0 radical (unpaired) electrons. The molecule has 0 aliphatic rings. The second-order valence-electron chi connectivity index (χ2n) is 4.63. The van der Waals surface area contributed by atoms with Crippen LogP contribution in [0.5, 0.6) is 0 Å². The summed E-state index contributed by atoms with van der Waals surface area (Å²) in [4.78, 5) is 12.0. The molecule has 0 bridgehead atoms. The van der Waals surface area contributed by atoms with Crippen molar-refractivity contribution in [2.45, 2.75) is 6.54 Å². The van der Waals surface area contributed by atoms with Gasteiger partial charge in [0.15, 0.2) is 0 Å². The maximum atomic E-state index is 12.0. The Bertz CT molecular complexity index is 803. The molecule has 2 aromatic carbocycles. The molecule has 0 saturated carbocycles. The summed E-state index contributed by atoms with van der Waals surface area (Å²) in [5.74, 6) is 0. The summed E-state index contributed by atoms with van der Waals surface area (Å²) in [6.07, 6.45) is 1.66. The first-order valence-corrected chi connectivity index (χ1v) is 6.49. The molecule has 0 aliphatic carbocycles. The van der Waals surface area contributed by atoms with E-state index in [4.69, 9.17) is 0 Å². The molecule has 0 fully saturated rings. The van der Waals surface area contributed by atoms with E-state index < -0.39 is 0 Å². The summed E-state index contributed by atoms with van der Waals surface area (Å²) < 4.78 is 1.47. The third kappa shape index (κ3) is 2.28. The lowest BCUT2D eigenvalue weighted by molar-refractivity contribution is 0.642. The number of nitrogens with zero attached hydrogens (tertiary/aromatic N) is 2. The van der Waals surface area contributed by atoms with Crippen molar-refractivity contribution < 1.29 is 0 Å². The topological polar surface area (TPSA) is 46.9 Å². The first-order valence-electron chi connectivity index (χ1n) is 6.49. The van der Waals surface area contributed by atoms with Gasteiger partial charge in [0.1, 0.15) is 0 Å². The van der Waals surface area contributed by atoms with Crippen LogP contribution in [-0.2, 0) is 6.54 Å². The SMILES string of the molecule is CNc1cnn(Cc2cccc3ccccc23)c(=O)c1. The van der Waals surface area contributed by atoms with E-state index in [0.29, 0.717) is 6.54 Å². The summed E-state index contributed by atoms with van der Waals surface area (Å²) in [5, 5.41) is 9.43. The van der Waals surface area contributed by atoms with E-state index >= 15 is 0 Å². The van der Waals surface area contributed by atoms with Crippen molar-refractivity contribution in [3.05, 3.63) is 70.6 Å². The van der Waals surface area contributed by atoms with E-state index in [0.717, 1.165) is 16.6 Å². The van der Waals surface area contributed by atoms with E-state index in [1.807, 2.05) is 24.3 Å². The lowest BCUT2D eigenvalue weighted by Gasteiger charge is -2.08. The maximum Gasteiger partial charge on any atom is 0.269 e. The Balaban J connectivity index is 2.03. The first-order chi connectivity index (χ1) is 9.78. The van der Waals surface area contributed by atoms with Crippen LogP contribution in [0, 0.1) is 0 Å². The molecule has 1 heterocycles. The minimum absolute atomic E-state index is 0.107. The zero-order valence-electron chi connectivity index (χ0n) is 11.2. The Morgan fingerprint density at radius 2 is 1.95 bits per heavy atom. The molecule has 0 saturated heterocycles. The number of rotatable bonds is 3. The van der Waals surface area contributed by atoms with Crippen molar-refractivity contribution >= 4 is 16.5 Å². The Labute approximate surface area is 116 Å². The molecule has 0 atom stereocenters. The van der Waals surface area contributed by atoms with Gasteiger partial charge in [-0.25, -0.2) is 4.68 Å². The zero-order chi connectivity index (χ0) is 13.9. The van der Waals surface area contributed by atoms with Gasteiger partial charge >= 0.3 is 0 Å². The fraction of sp³-hybridized carbons (Fsp3) is 0.125. The molecule has 0 spiro atoms. The fourth-order valence-electron chi connectivity index (χ4n) is 2.28. The van der Waals surface area contributed by atoms with E-state index in [2.05, 4.69) is 28.6 Å². The Hall–Kier alpha value is -2.62. The Morgan fingerprint density at radius 1 is 1.15 bits per heavy atom. The van der Waals surface area contributed by atoms with Crippen molar-refractivity contribution in [2.24, 2.45) is 0 Å². The molecule has 3 aromatic rings. The molecule has 4 heteroatoms. The molecule has 1 N–H and O–H groups in total. The molecule has 0 unspecified atom stereocenters. The van der Waals surface area contributed by atoms with Gasteiger partial charge in [0.05, 0.1) is 18.4 Å². The van der Waals surface area contributed by atoms with Gasteiger partial charge in [-0.05, 0) is 16.3 Å². The van der Waals surface area contributed by atoms with Crippen LogP contribution in [0.1, 0.15) is 5.56 Å². The predicted molar refractivity (Wildman–Crippen MR) is 81.1 cm³/mol. The minimum Gasteiger partial charge on any atom is -0.387 e. The maximum absolute atomic E-state index is 12.0. The molecule has 100 valence electrons. The van der Waals surface area contributed by atoms with Crippen molar-refractivity contribution in [3.63, 3.8) is 0 Å². The van der Waals surface area contributed by atoms with Crippen molar-refractivity contribution in [1.29, 1.82) is 0 Å². The third-order valence-electron chi connectivity index (χ3n) is 3.36. The first kappa shape index (κ1) is 12.4. The van der Waals surface area contributed by atoms with Crippen LogP contribution in [0.2, 0.25) is 0 Å². The highest BCUT2D eigenvalue weighted by Crippen LogP contribution is 2.18. The fourth-order valence-corrected chi connectivity index (χ4v) is 2.28. The summed E-state index contributed by atoms with van der Waals surface area (Å²) in [6.45, 7) is 0.476. The van der Waals surface area contributed by atoms with Gasteiger partial charge in [0.25, 0.3) is 5.56 Å². The number of hydrogen-bond acceptors (Lipinski definition) is 3. The predicted octanol–water partition coefficient (Wildman–Crippen LogP) is 2.49. The highest BCUT2D eigenvalue weighted by Gasteiger charge is 2.04. The van der Waals surface area contributed by atoms with E-state index in [1.54, 1.807) is 19.3 Å². The monoisotopic (exact) mass is 265 g/mol. The van der Waals surface area contributed by atoms with E-state index in [1.165, 1.54) is 10.1 Å². The van der Waals surface area contributed by atoms with Gasteiger partial charge < -0.3 is 5.32 Å². The largest absolute Gasteiger partial charge is 0.387 e. The molecular weight excluding hydrogens is 250 g/mol. The highest BCUT2D eigenvalue weighted by atomic mass is 16.1. The summed E-state index contributed by atoms with van der Waals surface area (Å²) in [5.41, 5.74) is 1.71. The van der Waals surface area contributed by atoms with Gasteiger partial charge in [-0.2, -0.15) is 5.10 Å². The minimum atomic E-state index is -0.107. The molecule has 3 rings (SSSR count). The number of nitrogens with one attached hydrogen (secondary N) is 1. The molecule has 20 heavy (non-hydrogen) atoms. The van der Waals surface area contributed by atoms with Crippen molar-refractivity contribution in [2.75, 3.05) is 12.4 Å². The van der Waals surface area contributed by atoms with Crippen LogP contribution in [0.3, 0.4) is 0 Å². The van der Waals surface area contributed by atoms with Crippen LogP contribution >= 0.6 is 0 Å². The Morgan fingerprint density at radius 3 is 2.75 bits per heavy atom. The van der Waals surface area contributed by atoms with Gasteiger partial charge in [-0.3, -0.25) is 4.79 Å². The molecule has 0 amide bonds. The van der Waals surface area contributed by atoms with Gasteiger partial charge in [0, 0.05) is 13.1 Å². The normalized spacial score (nSPS) is 10.7. The highest BCUT2D eigenvalue weighted by molar-refractivity contribution is 5.85. The van der Waals surface area contributed by atoms with Gasteiger partial charge in [0.2, 0.25) is 0 Å². The number of hydrogen-bond donors (Lipinski definition) is 1. The summed E-state index contributed by atoms with van der Waals surface area (Å²) in [6, 6.07) is 15.8. The number of benzene rings is 2. The molecular formula is C16H15N3O. The van der Waals surface area contributed by atoms with Crippen LogP contribution in [0.4, 0.5) is 5.69 Å². The quantitative estimate of drug-likeness (QED) is 0.791. The molecule has 4 nitrogen and oxygen atoms in total. The third-order valence-corrected chi connectivity index (χ3v) is 3.36. The average Bonchev–Trinajstić information content (AvgIpc) is 2.49. The summed E-state index contributed by atoms with van der Waals surface area (Å²) in [7, 11) is 1.77. The van der Waals surface area contributed by atoms with Crippen LogP contribution < -0.4 is 10.9 Å². The summed E-state index contributed by atoms with van der Waals surface area (Å²) >= 11 is 0. The van der Waals surface area contributed by atoms with Gasteiger partial charge in [-0.1, -0.05) is 42.5 Å². The van der Waals surface area contributed by atoms with Gasteiger partial charge in [-0.15, -0.1) is 0 Å². The lowest BCUT2D eigenvalue weighted by Crippen LogP contribution is -2.22. The number of fused-ring (bicyclic) bond motifs is 1. The smallest absolute Gasteiger partial charge is 0.269 e. The van der Waals surface area contributed by atoms with Crippen LogP contribution in [0.15, 0.2) is 59.5 Å². The standard InChI is InChI=1S/C16H15N3O/c1-17-14-9-16(20)19(18-10-14)11-13-7-4-6-12-5-2-3-8-15(12)13/h2-10,17H,11H2,1H3. The van der Waals surface area contributed by atoms with Crippen molar-refractivity contribution in [1.82, 2.24) is 9.78 Å². The Kier molecular flexibility index (Phi) is 3.21. The molecule has 1 aromatic heterocycles. The second kappa shape index (κ2) is 5.17. The lowest BCUT2D eigenvalue weighted by atomic mass is 10.0.